The second kappa shape index (κ2) is 6.67. The minimum atomic E-state index is -0.865. The van der Waals surface area contributed by atoms with Gasteiger partial charge in [-0.2, -0.15) is 0 Å². The van der Waals surface area contributed by atoms with Gasteiger partial charge in [-0.1, -0.05) is 33.1 Å². The number of carboxylic acids is 1. The van der Waals surface area contributed by atoms with E-state index in [0.717, 1.165) is 32.1 Å². The Morgan fingerprint density at radius 1 is 1.29 bits per heavy atom. The molecule has 0 bridgehead atoms. The minimum absolute atomic E-state index is 0.0691. The standard InChI is InChI=1S/C16H28N2O3/c1-4-10(2)11(3)17-16(21)18-13-8-6-5-7-12(13)9-14(18)15(19)20/h10-14H,4-9H2,1-3H3,(H,17,21)(H,19,20). The number of carboxylic acid groups (broad SMARTS) is 1. The summed E-state index contributed by atoms with van der Waals surface area (Å²) < 4.78 is 0. The molecule has 0 aromatic rings. The second-order valence-electron chi connectivity index (χ2n) is 6.73. The maximum Gasteiger partial charge on any atom is 0.326 e. The molecule has 1 aliphatic heterocycles. The van der Waals surface area contributed by atoms with E-state index in [1.807, 2.05) is 6.92 Å². The Morgan fingerprint density at radius 3 is 2.57 bits per heavy atom. The molecule has 5 unspecified atom stereocenters. The first-order valence-electron chi connectivity index (χ1n) is 8.27. The number of rotatable bonds is 4. The molecule has 0 aromatic carbocycles. The first-order valence-corrected chi connectivity index (χ1v) is 8.27. The number of hydrogen-bond acceptors (Lipinski definition) is 2. The van der Waals surface area contributed by atoms with E-state index in [1.165, 1.54) is 0 Å². The number of nitrogens with one attached hydrogen (secondary N) is 1. The number of carbonyl (C=O) groups excluding carboxylic acids is 1. The number of hydrogen-bond donors (Lipinski definition) is 2. The van der Waals surface area contributed by atoms with Crippen LogP contribution < -0.4 is 5.32 Å². The third kappa shape index (κ3) is 3.33. The van der Waals surface area contributed by atoms with Gasteiger partial charge in [0.15, 0.2) is 0 Å². The number of fused-ring (bicyclic) bond motifs is 1. The van der Waals surface area contributed by atoms with Gasteiger partial charge in [0.1, 0.15) is 6.04 Å². The van der Waals surface area contributed by atoms with Crippen LogP contribution in [0, 0.1) is 11.8 Å². The van der Waals surface area contributed by atoms with Crippen LogP contribution in [0.3, 0.4) is 0 Å². The van der Waals surface area contributed by atoms with Gasteiger partial charge < -0.3 is 15.3 Å². The zero-order chi connectivity index (χ0) is 15.6. The summed E-state index contributed by atoms with van der Waals surface area (Å²) in [6, 6.07) is -0.657. The molecule has 0 radical (unpaired) electrons. The van der Waals surface area contributed by atoms with Crippen molar-refractivity contribution in [3.8, 4) is 0 Å². The van der Waals surface area contributed by atoms with Crippen LogP contribution in [0.4, 0.5) is 4.79 Å². The van der Waals surface area contributed by atoms with Crippen LogP contribution in [0.1, 0.15) is 59.3 Å². The summed E-state index contributed by atoms with van der Waals surface area (Å²) in [5.41, 5.74) is 0. The molecule has 2 rings (SSSR count). The van der Waals surface area contributed by atoms with Gasteiger partial charge in [-0.05, 0) is 38.0 Å². The number of likely N-dealkylation sites (tertiary alicyclic amines) is 1. The van der Waals surface area contributed by atoms with Gasteiger partial charge in [0.25, 0.3) is 0 Å². The second-order valence-corrected chi connectivity index (χ2v) is 6.73. The SMILES string of the molecule is CCC(C)C(C)NC(=O)N1C(C(=O)O)CC2CCCCC21. The van der Waals surface area contributed by atoms with Crippen LogP contribution in [-0.4, -0.2) is 40.1 Å². The Morgan fingerprint density at radius 2 is 1.95 bits per heavy atom. The molecule has 2 fully saturated rings. The molecule has 0 aromatic heterocycles. The summed E-state index contributed by atoms with van der Waals surface area (Å²) in [7, 11) is 0. The summed E-state index contributed by atoms with van der Waals surface area (Å²) in [6.45, 7) is 6.20. The predicted molar refractivity (Wildman–Crippen MR) is 81.1 cm³/mol. The highest BCUT2D eigenvalue weighted by Gasteiger charge is 2.47. The normalized spacial score (nSPS) is 31.4. The summed E-state index contributed by atoms with van der Waals surface area (Å²) in [4.78, 5) is 25.7. The predicted octanol–water partition coefficient (Wildman–Crippen LogP) is 2.85. The van der Waals surface area contributed by atoms with Gasteiger partial charge in [-0.15, -0.1) is 0 Å². The van der Waals surface area contributed by atoms with E-state index >= 15 is 0 Å². The first-order chi connectivity index (χ1) is 9.95. The zero-order valence-electron chi connectivity index (χ0n) is 13.3. The molecular weight excluding hydrogens is 268 g/mol. The lowest BCUT2D eigenvalue weighted by molar-refractivity contribution is -0.141. The molecule has 21 heavy (non-hydrogen) atoms. The van der Waals surface area contributed by atoms with E-state index in [-0.39, 0.29) is 18.1 Å². The van der Waals surface area contributed by atoms with Crippen LogP contribution in [0.25, 0.3) is 0 Å². The molecule has 2 N–H and O–H groups in total. The van der Waals surface area contributed by atoms with E-state index in [1.54, 1.807) is 4.90 Å². The summed E-state index contributed by atoms with van der Waals surface area (Å²) in [5.74, 6) is -0.109. The molecule has 1 heterocycles. The Balaban J connectivity index is 2.09. The zero-order valence-corrected chi connectivity index (χ0v) is 13.3. The Labute approximate surface area is 127 Å². The lowest BCUT2D eigenvalue weighted by atomic mass is 9.85. The van der Waals surface area contributed by atoms with Crippen LogP contribution >= 0.6 is 0 Å². The van der Waals surface area contributed by atoms with Gasteiger partial charge in [-0.3, -0.25) is 0 Å². The average molecular weight is 296 g/mol. The highest BCUT2D eigenvalue weighted by atomic mass is 16.4. The van der Waals surface area contributed by atoms with E-state index in [4.69, 9.17) is 0 Å². The van der Waals surface area contributed by atoms with Gasteiger partial charge in [0.2, 0.25) is 0 Å². The molecule has 1 saturated heterocycles. The number of aliphatic carboxylic acids is 1. The molecule has 0 spiro atoms. The van der Waals surface area contributed by atoms with Crippen molar-refractivity contribution in [1.82, 2.24) is 10.2 Å². The number of urea groups is 1. The van der Waals surface area contributed by atoms with Crippen molar-refractivity contribution in [3.05, 3.63) is 0 Å². The minimum Gasteiger partial charge on any atom is -0.480 e. The molecule has 1 aliphatic carbocycles. The summed E-state index contributed by atoms with van der Waals surface area (Å²) in [6.07, 6.45) is 5.87. The van der Waals surface area contributed by atoms with Crippen LogP contribution in [0.15, 0.2) is 0 Å². The Bertz CT molecular complexity index is 399. The van der Waals surface area contributed by atoms with Gasteiger partial charge in [-0.25, -0.2) is 9.59 Å². The van der Waals surface area contributed by atoms with Crippen molar-refractivity contribution >= 4 is 12.0 Å². The van der Waals surface area contributed by atoms with E-state index in [9.17, 15) is 14.7 Å². The monoisotopic (exact) mass is 296 g/mol. The Kier molecular flexibility index (Phi) is 5.12. The fraction of sp³-hybridized carbons (Fsp3) is 0.875. The van der Waals surface area contributed by atoms with Crippen molar-refractivity contribution in [2.24, 2.45) is 11.8 Å². The van der Waals surface area contributed by atoms with Gasteiger partial charge >= 0.3 is 12.0 Å². The van der Waals surface area contributed by atoms with Gasteiger partial charge in [0, 0.05) is 12.1 Å². The fourth-order valence-electron chi connectivity index (χ4n) is 3.74. The van der Waals surface area contributed by atoms with Crippen LogP contribution in [-0.2, 0) is 4.79 Å². The quantitative estimate of drug-likeness (QED) is 0.838. The van der Waals surface area contributed by atoms with Crippen molar-refractivity contribution in [2.45, 2.75) is 77.4 Å². The third-order valence-electron chi connectivity index (χ3n) is 5.46. The molecule has 2 aliphatic rings. The summed E-state index contributed by atoms with van der Waals surface area (Å²) in [5, 5.41) is 12.5. The molecule has 1 saturated carbocycles. The van der Waals surface area contributed by atoms with Crippen LogP contribution in [0.2, 0.25) is 0 Å². The molecule has 5 nitrogen and oxygen atoms in total. The van der Waals surface area contributed by atoms with E-state index in [2.05, 4.69) is 19.2 Å². The Hall–Kier alpha value is -1.26. The topological polar surface area (TPSA) is 69.6 Å². The maximum atomic E-state index is 12.6. The number of carbonyl (C=O) groups is 2. The molecular formula is C16H28N2O3. The lowest BCUT2D eigenvalue weighted by Crippen LogP contribution is -2.53. The number of amides is 2. The largest absolute Gasteiger partial charge is 0.480 e. The maximum absolute atomic E-state index is 12.6. The lowest BCUT2D eigenvalue weighted by Gasteiger charge is -2.34. The smallest absolute Gasteiger partial charge is 0.326 e. The summed E-state index contributed by atoms with van der Waals surface area (Å²) >= 11 is 0. The van der Waals surface area contributed by atoms with Crippen molar-refractivity contribution in [1.29, 1.82) is 0 Å². The molecule has 5 atom stereocenters. The molecule has 120 valence electrons. The average Bonchev–Trinajstić information content (AvgIpc) is 2.85. The van der Waals surface area contributed by atoms with Crippen molar-refractivity contribution in [3.63, 3.8) is 0 Å². The third-order valence-corrected chi connectivity index (χ3v) is 5.46. The van der Waals surface area contributed by atoms with Crippen molar-refractivity contribution < 1.29 is 14.7 Å². The van der Waals surface area contributed by atoms with Crippen LogP contribution in [0.5, 0.6) is 0 Å². The fourth-order valence-corrected chi connectivity index (χ4v) is 3.74. The molecule has 5 heteroatoms. The van der Waals surface area contributed by atoms with Crippen molar-refractivity contribution in [2.75, 3.05) is 0 Å². The number of nitrogens with zero attached hydrogens (tertiary/aromatic N) is 1. The highest BCUT2D eigenvalue weighted by molar-refractivity contribution is 5.84. The van der Waals surface area contributed by atoms with E-state index in [0.29, 0.717) is 18.3 Å². The molecule has 2 amide bonds. The highest BCUT2D eigenvalue weighted by Crippen LogP contribution is 2.39. The first kappa shape index (κ1) is 16.1. The van der Waals surface area contributed by atoms with E-state index < -0.39 is 12.0 Å². The van der Waals surface area contributed by atoms with Gasteiger partial charge in [0.05, 0.1) is 0 Å².